The summed E-state index contributed by atoms with van der Waals surface area (Å²) in [6.07, 6.45) is 0.725. The quantitative estimate of drug-likeness (QED) is 0.839. The molecule has 0 saturated heterocycles. The van der Waals surface area contributed by atoms with Crippen molar-refractivity contribution >= 4 is 29.1 Å². The average Bonchev–Trinajstić information content (AvgIpc) is 2.33. The second-order valence-corrected chi connectivity index (χ2v) is 4.40. The number of carbonyl (C=O) groups is 1. The summed E-state index contributed by atoms with van der Waals surface area (Å²) in [7, 11) is 0. The van der Waals surface area contributed by atoms with Crippen molar-refractivity contribution in [3.8, 4) is 5.75 Å². The van der Waals surface area contributed by atoms with Crippen molar-refractivity contribution in [3.05, 3.63) is 28.8 Å². The summed E-state index contributed by atoms with van der Waals surface area (Å²) in [6.45, 7) is 3.03. The summed E-state index contributed by atoms with van der Waals surface area (Å²) >= 11 is 11.4. The standard InChI is InChI=1S/C12H15Cl2NO2/c1-2-15(7-3-6-13)12(17)10-8-9(14)4-5-11(10)16/h4-5,8,16H,2-3,6-7H2,1H3. The number of nitrogens with zero attached hydrogens (tertiary/aromatic N) is 1. The summed E-state index contributed by atoms with van der Waals surface area (Å²) < 4.78 is 0. The van der Waals surface area contributed by atoms with Gasteiger partial charge in [-0.25, -0.2) is 0 Å². The monoisotopic (exact) mass is 275 g/mol. The third kappa shape index (κ3) is 3.79. The molecule has 0 spiro atoms. The van der Waals surface area contributed by atoms with Gasteiger partial charge in [-0.1, -0.05) is 11.6 Å². The lowest BCUT2D eigenvalue weighted by Gasteiger charge is -2.21. The topological polar surface area (TPSA) is 40.5 Å². The van der Waals surface area contributed by atoms with Gasteiger partial charge in [-0.2, -0.15) is 0 Å². The highest BCUT2D eigenvalue weighted by Crippen LogP contribution is 2.23. The van der Waals surface area contributed by atoms with Crippen LogP contribution in [0.2, 0.25) is 5.02 Å². The summed E-state index contributed by atoms with van der Waals surface area (Å²) in [5.74, 6) is 0.229. The van der Waals surface area contributed by atoms with E-state index in [-0.39, 0.29) is 17.2 Å². The van der Waals surface area contributed by atoms with Gasteiger partial charge in [-0.05, 0) is 31.5 Å². The van der Waals surface area contributed by atoms with Gasteiger partial charge in [0.05, 0.1) is 5.56 Å². The van der Waals surface area contributed by atoms with Crippen molar-refractivity contribution < 1.29 is 9.90 Å². The van der Waals surface area contributed by atoms with Crippen molar-refractivity contribution in [2.24, 2.45) is 0 Å². The molecule has 5 heteroatoms. The number of hydrogen-bond acceptors (Lipinski definition) is 2. The molecule has 1 rings (SSSR count). The van der Waals surface area contributed by atoms with Crippen LogP contribution in [-0.4, -0.2) is 34.9 Å². The second-order valence-electron chi connectivity index (χ2n) is 3.59. The molecule has 0 bridgehead atoms. The Kier molecular flexibility index (Phi) is 5.59. The van der Waals surface area contributed by atoms with Gasteiger partial charge in [0, 0.05) is 24.0 Å². The van der Waals surface area contributed by atoms with Crippen molar-refractivity contribution in [2.75, 3.05) is 19.0 Å². The number of carbonyl (C=O) groups excluding carboxylic acids is 1. The maximum atomic E-state index is 12.1. The fourth-order valence-corrected chi connectivity index (χ4v) is 1.80. The predicted molar refractivity (Wildman–Crippen MR) is 70.0 cm³/mol. The van der Waals surface area contributed by atoms with Gasteiger partial charge in [0.2, 0.25) is 0 Å². The summed E-state index contributed by atoms with van der Waals surface area (Å²) in [5, 5.41) is 10.1. The zero-order chi connectivity index (χ0) is 12.8. The number of phenols is 1. The number of benzene rings is 1. The van der Waals surface area contributed by atoms with Gasteiger partial charge in [0.25, 0.3) is 5.91 Å². The van der Waals surface area contributed by atoms with E-state index < -0.39 is 0 Å². The number of alkyl halides is 1. The van der Waals surface area contributed by atoms with Crippen LogP contribution in [0, 0.1) is 0 Å². The third-order valence-electron chi connectivity index (χ3n) is 2.42. The smallest absolute Gasteiger partial charge is 0.257 e. The maximum absolute atomic E-state index is 12.1. The summed E-state index contributed by atoms with van der Waals surface area (Å²) in [6, 6.07) is 4.44. The van der Waals surface area contributed by atoms with E-state index in [4.69, 9.17) is 23.2 Å². The first-order valence-corrected chi connectivity index (χ1v) is 6.35. The molecule has 0 aliphatic rings. The van der Waals surface area contributed by atoms with Gasteiger partial charge in [-0.3, -0.25) is 4.79 Å². The molecule has 1 aromatic rings. The van der Waals surface area contributed by atoms with Crippen LogP contribution in [0.3, 0.4) is 0 Å². The molecule has 1 amide bonds. The van der Waals surface area contributed by atoms with Gasteiger partial charge >= 0.3 is 0 Å². The van der Waals surface area contributed by atoms with E-state index in [9.17, 15) is 9.90 Å². The van der Waals surface area contributed by atoms with E-state index in [1.807, 2.05) is 6.92 Å². The number of amides is 1. The normalized spacial score (nSPS) is 10.3. The number of rotatable bonds is 5. The molecule has 0 fully saturated rings. The average molecular weight is 276 g/mol. The van der Waals surface area contributed by atoms with Crippen molar-refractivity contribution in [1.82, 2.24) is 4.90 Å². The molecule has 1 N–H and O–H groups in total. The Hall–Kier alpha value is -0.930. The van der Waals surface area contributed by atoms with Crippen molar-refractivity contribution in [2.45, 2.75) is 13.3 Å². The maximum Gasteiger partial charge on any atom is 0.257 e. The number of aromatic hydroxyl groups is 1. The van der Waals surface area contributed by atoms with Crippen LogP contribution >= 0.6 is 23.2 Å². The highest BCUT2D eigenvalue weighted by Gasteiger charge is 2.17. The van der Waals surface area contributed by atoms with Crippen LogP contribution in [-0.2, 0) is 0 Å². The Balaban J connectivity index is 2.89. The predicted octanol–water partition coefficient (Wildman–Crippen LogP) is 3.14. The van der Waals surface area contributed by atoms with E-state index in [1.165, 1.54) is 12.1 Å². The van der Waals surface area contributed by atoms with Gasteiger partial charge < -0.3 is 10.0 Å². The minimum Gasteiger partial charge on any atom is -0.507 e. The van der Waals surface area contributed by atoms with E-state index >= 15 is 0 Å². The first kappa shape index (κ1) is 14.1. The number of hydrogen-bond donors (Lipinski definition) is 1. The van der Waals surface area contributed by atoms with Gasteiger partial charge in [-0.15, -0.1) is 11.6 Å². The van der Waals surface area contributed by atoms with E-state index in [1.54, 1.807) is 11.0 Å². The third-order valence-corrected chi connectivity index (χ3v) is 2.92. The van der Waals surface area contributed by atoms with E-state index in [2.05, 4.69) is 0 Å². The minimum absolute atomic E-state index is 0.0521. The zero-order valence-corrected chi connectivity index (χ0v) is 11.1. The molecule has 0 heterocycles. The largest absolute Gasteiger partial charge is 0.507 e. The first-order valence-electron chi connectivity index (χ1n) is 5.44. The molecular formula is C12H15Cl2NO2. The molecule has 0 radical (unpaired) electrons. The first-order chi connectivity index (χ1) is 8.10. The highest BCUT2D eigenvalue weighted by atomic mass is 35.5. The van der Waals surface area contributed by atoms with Crippen molar-refractivity contribution in [3.63, 3.8) is 0 Å². The fourth-order valence-electron chi connectivity index (χ4n) is 1.50. The van der Waals surface area contributed by atoms with E-state index in [0.717, 1.165) is 6.42 Å². The molecule has 1 aromatic carbocycles. The lowest BCUT2D eigenvalue weighted by atomic mass is 10.1. The molecule has 94 valence electrons. The van der Waals surface area contributed by atoms with Crippen LogP contribution in [0.25, 0.3) is 0 Å². The zero-order valence-electron chi connectivity index (χ0n) is 9.62. The van der Waals surface area contributed by atoms with Crippen molar-refractivity contribution in [1.29, 1.82) is 0 Å². The molecular weight excluding hydrogens is 261 g/mol. The Morgan fingerprint density at radius 1 is 1.47 bits per heavy atom. The number of phenolic OH excluding ortho intramolecular Hbond substituents is 1. The Labute approximate surface area is 111 Å². The SMILES string of the molecule is CCN(CCCCl)C(=O)c1cc(Cl)ccc1O. The van der Waals surface area contributed by atoms with Gasteiger partial charge in [0.1, 0.15) is 5.75 Å². The highest BCUT2D eigenvalue weighted by molar-refractivity contribution is 6.31. The van der Waals surface area contributed by atoms with Crippen LogP contribution in [0.5, 0.6) is 5.75 Å². The molecule has 0 unspecified atom stereocenters. The summed E-state index contributed by atoms with van der Waals surface area (Å²) in [4.78, 5) is 13.8. The molecule has 0 saturated carbocycles. The molecule has 17 heavy (non-hydrogen) atoms. The molecule has 3 nitrogen and oxygen atoms in total. The molecule has 0 aliphatic carbocycles. The number of halogens is 2. The Morgan fingerprint density at radius 2 is 2.18 bits per heavy atom. The fraction of sp³-hybridized carbons (Fsp3) is 0.417. The lowest BCUT2D eigenvalue weighted by molar-refractivity contribution is 0.0762. The molecule has 0 aliphatic heterocycles. The van der Waals surface area contributed by atoms with Gasteiger partial charge in [0.15, 0.2) is 0 Å². The van der Waals surface area contributed by atoms with Crippen LogP contribution in [0.1, 0.15) is 23.7 Å². The lowest BCUT2D eigenvalue weighted by Crippen LogP contribution is -2.32. The Morgan fingerprint density at radius 3 is 2.76 bits per heavy atom. The molecule has 0 atom stereocenters. The minimum atomic E-state index is -0.224. The van der Waals surface area contributed by atoms with Crippen LogP contribution in [0.15, 0.2) is 18.2 Å². The second kappa shape index (κ2) is 6.72. The van der Waals surface area contributed by atoms with E-state index in [0.29, 0.717) is 24.0 Å². The molecule has 0 aromatic heterocycles. The summed E-state index contributed by atoms with van der Waals surface area (Å²) in [5.41, 5.74) is 0.230. The van der Waals surface area contributed by atoms with Crippen LogP contribution < -0.4 is 0 Å². The van der Waals surface area contributed by atoms with Crippen LogP contribution in [0.4, 0.5) is 0 Å². The Bertz CT molecular complexity index is 396.